The van der Waals surface area contributed by atoms with Crippen LogP contribution < -0.4 is 4.74 Å². The summed E-state index contributed by atoms with van der Waals surface area (Å²) in [5.41, 5.74) is 0.944. The van der Waals surface area contributed by atoms with E-state index in [9.17, 15) is 5.11 Å². The van der Waals surface area contributed by atoms with Gasteiger partial charge in [0.1, 0.15) is 11.5 Å². The maximum atomic E-state index is 10.2. The van der Waals surface area contributed by atoms with Crippen molar-refractivity contribution in [3.8, 4) is 11.5 Å². The molecular formula is C18H20O2. The number of para-hydroxylation sites is 1. The van der Waals surface area contributed by atoms with Crippen LogP contribution >= 0.6 is 0 Å². The Hall–Kier alpha value is -1.80. The molecule has 1 fully saturated rings. The lowest BCUT2D eigenvalue weighted by atomic mass is 10.0. The van der Waals surface area contributed by atoms with Crippen LogP contribution in [0.15, 0.2) is 54.6 Å². The highest BCUT2D eigenvalue weighted by Gasteiger charge is 2.22. The summed E-state index contributed by atoms with van der Waals surface area (Å²) in [6.45, 7) is 0. The lowest BCUT2D eigenvalue weighted by Gasteiger charge is -2.12. The van der Waals surface area contributed by atoms with Gasteiger partial charge in [0.25, 0.3) is 0 Å². The molecule has 0 aromatic heterocycles. The Morgan fingerprint density at radius 2 is 1.75 bits per heavy atom. The van der Waals surface area contributed by atoms with Crippen LogP contribution in [0.1, 0.15) is 37.4 Å². The van der Waals surface area contributed by atoms with Gasteiger partial charge in [0.05, 0.1) is 6.10 Å². The first-order valence-electron chi connectivity index (χ1n) is 7.32. The van der Waals surface area contributed by atoms with E-state index in [4.69, 9.17) is 4.74 Å². The topological polar surface area (TPSA) is 29.5 Å². The molecule has 2 aromatic carbocycles. The quantitative estimate of drug-likeness (QED) is 0.822. The van der Waals surface area contributed by atoms with Crippen molar-refractivity contribution in [2.75, 3.05) is 0 Å². The average molecular weight is 268 g/mol. The summed E-state index contributed by atoms with van der Waals surface area (Å²) >= 11 is 0. The lowest BCUT2D eigenvalue weighted by Crippen LogP contribution is -1.98. The Labute approximate surface area is 120 Å². The van der Waals surface area contributed by atoms with Gasteiger partial charge in [-0.15, -0.1) is 0 Å². The molecule has 0 amide bonds. The van der Waals surface area contributed by atoms with Gasteiger partial charge < -0.3 is 9.84 Å². The number of rotatable bonds is 6. The molecular weight excluding hydrogens is 248 g/mol. The van der Waals surface area contributed by atoms with Crippen LogP contribution in [0.5, 0.6) is 11.5 Å². The fourth-order valence-corrected chi connectivity index (χ4v) is 2.38. The molecule has 104 valence electrons. The number of aliphatic hydroxyl groups excluding tert-OH is 1. The van der Waals surface area contributed by atoms with E-state index < -0.39 is 0 Å². The molecule has 1 aliphatic rings. The highest BCUT2D eigenvalue weighted by molar-refractivity contribution is 5.34. The van der Waals surface area contributed by atoms with E-state index in [1.165, 1.54) is 12.8 Å². The zero-order chi connectivity index (χ0) is 13.8. The monoisotopic (exact) mass is 268 g/mol. The van der Waals surface area contributed by atoms with Crippen LogP contribution in [0, 0.1) is 5.92 Å². The van der Waals surface area contributed by atoms with Gasteiger partial charge in [-0.3, -0.25) is 0 Å². The van der Waals surface area contributed by atoms with Crippen LogP contribution in [0.25, 0.3) is 0 Å². The number of ether oxygens (including phenoxy) is 1. The third-order valence-electron chi connectivity index (χ3n) is 3.77. The van der Waals surface area contributed by atoms with Crippen molar-refractivity contribution in [3.63, 3.8) is 0 Å². The van der Waals surface area contributed by atoms with Crippen LogP contribution in [-0.4, -0.2) is 5.11 Å². The first-order valence-corrected chi connectivity index (χ1v) is 7.32. The maximum absolute atomic E-state index is 10.2. The molecule has 0 aliphatic heterocycles. The predicted octanol–water partition coefficient (Wildman–Crippen LogP) is 4.70. The maximum Gasteiger partial charge on any atom is 0.127 e. The van der Waals surface area contributed by atoms with Crippen molar-refractivity contribution in [3.05, 3.63) is 60.2 Å². The molecule has 0 radical (unpaired) electrons. The molecule has 0 spiro atoms. The van der Waals surface area contributed by atoms with E-state index in [-0.39, 0.29) is 6.10 Å². The normalized spacial score (nSPS) is 15.8. The van der Waals surface area contributed by atoms with Crippen LogP contribution in [0.2, 0.25) is 0 Å². The minimum Gasteiger partial charge on any atom is -0.457 e. The van der Waals surface area contributed by atoms with Crippen molar-refractivity contribution in [2.45, 2.75) is 31.8 Å². The van der Waals surface area contributed by atoms with E-state index in [0.29, 0.717) is 0 Å². The smallest absolute Gasteiger partial charge is 0.127 e. The van der Waals surface area contributed by atoms with Gasteiger partial charge in [0.2, 0.25) is 0 Å². The largest absolute Gasteiger partial charge is 0.457 e. The van der Waals surface area contributed by atoms with Gasteiger partial charge in [0.15, 0.2) is 0 Å². The molecule has 1 aliphatic carbocycles. The second-order valence-corrected chi connectivity index (χ2v) is 5.52. The summed E-state index contributed by atoms with van der Waals surface area (Å²) in [6, 6.07) is 17.5. The zero-order valence-corrected chi connectivity index (χ0v) is 11.5. The Kier molecular flexibility index (Phi) is 4.03. The molecule has 1 unspecified atom stereocenters. The van der Waals surface area contributed by atoms with Crippen LogP contribution in [0.3, 0.4) is 0 Å². The van der Waals surface area contributed by atoms with Gasteiger partial charge in [-0.1, -0.05) is 43.2 Å². The number of hydrogen-bond donors (Lipinski definition) is 1. The van der Waals surface area contributed by atoms with Crippen LogP contribution in [-0.2, 0) is 0 Å². The van der Waals surface area contributed by atoms with E-state index >= 15 is 0 Å². The molecule has 2 heteroatoms. The zero-order valence-electron chi connectivity index (χ0n) is 11.5. The molecule has 1 saturated carbocycles. The first-order chi connectivity index (χ1) is 9.81. The summed E-state index contributed by atoms with van der Waals surface area (Å²) in [6.07, 6.45) is 4.27. The summed E-state index contributed by atoms with van der Waals surface area (Å²) in [4.78, 5) is 0. The minimum atomic E-state index is -0.380. The molecule has 0 heterocycles. The second-order valence-electron chi connectivity index (χ2n) is 5.52. The van der Waals surface area contributed by atoms with Crippen molar-refractivity contribution < 1.29 is 9.84 Å². The molecule has 3 rings (SSSR count). The van der Waals surface area contributed by atoms with Gasteiger partial charge in [0, 0.05) is 0 Å². The minimum absolute atomic E-state index is 0.380. The average Bonchev–Trinajstić information content (AvgIpc) is 3.30. The fraction of sp³-hybridized carbons (Fsp3) is 0.333. The summed E-state index contributed by atoms with van der Waals surface area (Å²) in [7, 11) is 0. The van der Waals surface area contributed by atoms with E-state index in [2.05, 4.69) is 0 Å². The van der Waals surface area contributed by atoms with Crippen molar-refractivity contribution >= 4 is 0 Å². The summed E-state index contributed by atoms with van der Waals surface area (Å²) < 4.78 is 5.80. The summed E-state index contributed by atoms with van der Waals surface area (Å²) in [5.74, 6) is 2.45. The van der Waals surface area contributed by atoms with E-state index in [1.807, 2.05) is 54.6 Å². The standard InChI is InChI=1S/C18H20O2/c19-18(12-11-14-9-10-14)15-5-4-8-17(13-15)20-16-6-2-1-3-7-16/h1-8,13-14,18-19H,9-12H2. The number of hydrogen-bond acceptors (Lipinski definition) is 2. The molecule has 2 nitrogen and oxygen atoms in total. The van der Waals surface area contributed by atoms with Gasteiger partial charge >= 0.3 is 0 Å². The lowest BCUT2D eigenvalue weighted by molar-refractivity contribution is 0.162. The van der Waals surface area contributed by atoms with Gasteiger partial charge in [-0.25, -0.2) is 0 Å². The van der Waals surface area contributed by atoms with E-state index in [1.54, 1.807) is 0 Å². The van der Waals surface area contributed by atoms with Crippen LogP contribution in [0.4, 0.5) is 0 Å². The summed E-state index contributed by atoms with van der Waals surface area (Å²) in [5, 5.41) is 10.2. The van der Waals surface area contributed by atoms with Crippen molar-refractivity contribution in [1.82, 2.24) is 0 Å². The fourth-order valence-electron chi connectivity index (χ4n) is 2.38. The Bertz CT molecular complexity index is 546. The Balaban J connectivity index is 1.65. The molecule has 0 bridgehead atoms. The van der Waals surface area contributed by atoms with Crippen molar-refractivity contribution in [2.24, 2.45) is 5.92 Å². The molecule has 0 saturated heterocycles. The number of aliphatic hydroxyl groups is 1. The molecule has 20 heavy (non-hydrogen) atoms. The Morgan fingerprint density at radius 3 is 2.50 bits per heavy atom. The van der Waals surface area contributed by atoms with Gasteiger partial charge in [-0.05, 0) is 48.6 Å². The second kappa shape index (κ2) is 6.10. The molecule has 2 aromatic rings. The molecule has 1 N–H and O–H groups in total. The SMILES string of the molecule is OC(CCC1CC1)c1cccc(Oc2ccccc2)c1. The van der Waals surface area contributed by atoms with E-state index in [0.717, 1.165) is 35.8 Å². The highest BCUT2D eigenvalue weighted by Crippen LogP contribution is 2.36. The first kappa shape index (κ1) is 13.2. The predicted molar refractivity (Wildman–Crippen MR) is 79.9 cm³/mol. The highest BCUT2D eigenvalue weighted by atomic mass is 16.5. The molecule has 1 atom stereocenters. The third-order valence-corrected chi connectivity index (χ3v) is 3.77. The third kappa shape index (κ3) is 3.61. The van der Waals surface area contributed by atoms with Crippen molar-refractivity contribution in [1.29, 1.82) is 0 Å². The Morgan fingerprint density at radius 1 is 1.00 bits per heavy atom. The number of benzene rings is 2. The van der Waals surface area contributed by atoms with Gasteiger partial charge in [-0.2, -0.15) is 0 Å².